The molecule has 0 spiro atoms. The fourth-order valence-electron chi connectivity index (χ4n) is 5.00. The van der Waals surface area contributed by atoms with E-state index in [1.807, 2.05) is 27.1 Å². The second-order valence-electron chi connectivity index (χ2n) is 9.41. The first-order chi connectivity index (χ1) is 17.8. The number of pyridine rings is 2. The molecule has 1 saturated carbocycles. The molecule has 0 bridgehead atoms. The Morgan fingerprint density at radius 3 is 2.68 bits per heavy atom. The molecule has 6 rings (SSSR count). The van der Waals surface area contributed by atoms with Crippen molar-refractivity contribution < 1.29 is 13.6 Å². The van der Waals surface area contributed by atoms with E-state index in [4.69, 9.17) is 16.0 Å². The lowest BCUT2D eigenvalue weighted by atomic mass is 9.98. The fraction of sp³-hybridized carbons (Fsp3) is 0.222. The van der Waals surface area contributed by atoms with Gasteiger partial charge in [0, 0.05) is 54.0 Å². The fourth-order valence-corrected chi connectivity index (χ4v) is 5.26. The highest BCUT2D eigenvalue weighted by atomic mass is 35.5. The van der Waals surface area contributed by atoms with Crippen LogP contribution in [0.1, 0.15) is 24.0 Å². The van der Waals surface area contributed by atoms with Crippen molar-refractivity contribution in [1.82, 2.24) is 24.7 Å². The number of amides is 1. The number of halogens is 2. The number of carbonyl (C=O) groups is 1. The molecule has 5 aromatic rings. The van der Waals surface area contributed by atoms with Gasteiger partial charge in [0.25, 0.3) is 0 Å². The van der Waals surface area contributed by atoms with Gasteiger partial charge in [0.05, 0.1) is 17.4 Å². The molecule has 8 nitrogen and oxygen atoms in total. The summed E-state index contributed by atoms with van der Waals surface area (Å²) in [5.41, 5.74) is 3.27. The summed E-state index contributed by atoms with van der Waals surface area (Å²) < 4.78 is 22.4. The number of hydrogen-bond acceptors (Lipinski definition) is 6. The second-order valence-corrected chi connectivity index (χ2v) is 9.79. The van der Waals surface area contributed by atoms with E-state index in [0.29, 0.717) is 39.3 Å². The van der Waals surface area contributed by atoms with E-state index in [1.54, 1.807) is 35.3 Å². The molecule has 1 N–H and O–H groups in total. The number of nitrogens with one attached hydrogen (secondary N) is 1. The number of aromatic nitrogens is 5. The quantitative estimate of drug-likeness (QED) is 0.318. The zero-order valence-electron chi connectivity index (χ0n) is 20.2. The molecule has 4 aromatic heterocycles. The van der Waals surface area contributed by atoms with Gasteiger partial charge < -0.3 is 9.73 Å². The molecular formula is C27H22ClFN6O2. The first kappa shape index (κ1) is 23.3. The Morgan fingerprint density at radius 2 is 1.97 bits per heavy atom. The smallest absolute Gasteiger partial charge is 0.244 e. The van der Waals surface area contributed by atoms with Gasteiger partial charge in [-0.15, -0.1) is 0 Å². The summed E-state index contributed by atoms with van der Waals surface area (Å²) in [7, 11) is 1.86. The van der Waals surface area contributed by atoms with Crippen LogP contribution in [-0.4, -0.2) is 30.6 Å². The molecule has 1 aliphatic carbocycles. The van der Waals surface area contributed by atoms with Crippen molar-refractivity contribution in [1.29, 1.82) is 0 Å². The third-order valence-electron chi connectivity index (χ3n) is 7.00. The average molecular weight is 517 g/mol. The van der Waals surface area contributed by atoms with E-state index in [0.717, 1.165) is 11.1 Å². The maximum Gasteiger partial charge on any atom is 0.244 e. The van der Waals surface area contributed by atoms with Crippen molar-refractivity contribution in [2.45, 2.75) is 19.8 Å². The summed E-state index contributed by atoms with van der Waals surface area (Å²) in [5, 5.41) is 8.19. The van der Waals surface area contributed by atoms with Crippen molar-refractivity contribution in [3.63, 3.8) is 0 Å². The van der Waals surface area contributed by atoms with Gasteiger partial charge in [0.1, 0.15) is 23.6 Å². The number of anilines is 1. The molecule has 3 unspecified atom stereocenters. The Hall–Kier alpha value is -4.11. The molecule has 3 atom stereocenters. The third kappa shape index (κ3) is 4.05. The lowest BCUT2D eigenvalue weighted by Gasteiger charge is -2.12. The van der Waals surface area contributed by atoms with Gasteiger partial charge in [0.2, 0.25) is 11.8 Å². The zero-order valence-corrected chi connectivity index (χ0v) is 21.0. The molecule has 10 heteroatoms. The molecule has 1 aliphatic rings. The summed E-state index contributed by atoms with van der Waals surface area (Å²) >= 11 is 6.42. The van der Waals surface area contributed by atoms with Crippen molar-refractivity contribution >= 4 is 34.1 Å². The minimum Gasteiger partial charge on any atom is -0.443 e. The van der Waals surface area contributed by atoms with Gasteiger partial charge >= 0.3 is 0 Å². The Kier molecular flexibility index (Phi) is 5.52. The van der Waals surface area contributed by atoms with E-state index in [2.05, 4.69) is 25.4 Å². The van der Waals surface area contributed by atoms with Crippen LogP contribution in [0.4, 0.5) is 10.2 Å². The zero-order chi connectivity index (χ0) is 25.8. The normalized spacial score (nSPS) is 18.8. The van der Waals surface area contributed by atoms with E-state index in [-0.39, 0.29) is 28.7 Å². The maximum atomic E-state index is 15.4. The minimum atomic E-state index is -0.562. The predicted octanol–water partition coefficient (Wildman–Crippen LogP) is 5.77. The molecule has 0 radical (unpaired) electrons. The second kappa shape index (κ2) is 8.77. The molecule has 0 saturated heterocycles. The van der Waals surface area contributed by atoms with Crippen LogP contribution in [0.3, 0.4) is 0 Å². The van der Waals surface area contributed by atoms with Crippen LogP contribution in [-0.2, 0) is 11.8 Å². The summed E-state index contributed by atoms with van der Waals surface area (Å²) in [6, 6.07) is 5.19. The summed E-state index contributed by atoms with van der Waals surface area (Å²) in [4.78, 5) is 25.8. The molecular weight excluding hydrogens is 495 g/mol. The SMILES string of the molecule is Cc1cc(-c2ncco2)ncc1-c1cc2cc(NC(=O)C3C(C)C3c3cnn(C)c3)ncc2c(Cl)c1F. The number of benzene rings is 1. The van der Waals surface area contributed by atoms with Crippen molar-refractivity contribution in [2.24, 2.45) is 18.9 Å². The lowest BCUT2D eigenvalue weighted by molar-refractivity contribution is -0.117. The molecule has 4 heterocycles. The molecule has 37 heavy (non-hydrogen) atoms. The van der Waals surface area contributed by atoms with Crippen LogP contribution in [0, 0.1) is 24.6 Å². The van der Waals surface area contributed by atoms with Gasteiger partial charge in [0.15, 0.2) is 0 Å². The van der Waals surface area contributed by atoms with Gasteiger partial charge in [-0.05, 0) is 47.6 Å². The van der Waals surface area contributed by atoms with Gasteiger partial charge in [-0.25, -0.2) is 14.4 Å². The highest BCUT2D eigenvalue weighted by molar-refractivity contribution is 6.36. The van der Waals surface area contributed by atoms with E-state index < -0.39 is 5.82 Å². The molecule has 0 aliphatic heterocycles. The van der Waals surface area contributed by atoms with Crippen LogP contribution < -0.4 is 5.32 Å². The Balaban J connectivity index is 1.30. The van der Waals surface area contributed by atoms with Gasteiger partial charge in [-0.3, -0.25) is 14.5 Å². The Bertz CT molecular complexity index is 1670. The average Bonchev–Trinajstić information content (AvgIpc) is 3.23. The highest BCUT2D eigenvalue weighted by Crippen LogP contribution is 2.54. The third-order valence-corrected chi connectivity index (χ3v) is 7.37. The summed E-state index contributed by atoms with van der Waals surface area (Å²) in [6.45, 7) is 3.91. The number of nitrogens with zero attached hydrogens (tertiary/aromatic N) is 5. The molecule has 186 valence electrons. The number of carbonyl (C=O) groups excluding carboxylic acids is 1. The predicted molar refractivity (Wildman–Crippen MR) is 137 cm³/mol. The maximum absolute atomic E-state index is 15.4. The van der Waals surface area contributed by atoms with Crippen LogP contribution >= 0.6 is 11.6 Å². The Morgan fingerprint density at radius 1 is 1.14 bits per heavy atom. The molecule has 1 amide bonds. The van der Waals surface area contributed by atoms with Crippen LogP contribution in [0.15, 0.2) is 59.9 Å². The molecule has 1 fully saturated rings. The highest BCUT2D eigenvalue weighted by Gasteiger charge is 2.52. The largest absolute Gasteiger partial charge is 0.443 e. The lowest BCUT2D eigenvalue weighted by Crippen LogP contribution is -2.16. The number of fused-ring (bicyclic) bond motifs is 1. The number of oxazole rings is 1. The first-order valence-electron chi connectivity index (χ1n) is 11.8. The van der Waals surface area contributed by atoms with Gasteiger partial charge in [-0.1, -0.05) is 18.5 Å². The number of rotatable bonds is 5. The van der Waals surface area contributed by atoms with Crippen LogP contribution in [0.2, 0.25) is 5.02 Å². The van der Waals surface area contributed by atoms with Crippen LogP contribution in [0.5, 0.6) is 0 Å². The van der Waals surface area contributed by atoms with Crippen molar-refractivity contribution in [2.75, 3.05) is 5.32 Å². The number of aryl methyl sites for hydroxylation is 2. The molecule has 1 aromatic carbocycles. The van der Waals surface area contributed by atoms with Crippen molar-refractivity contribution in [3.05, 3.63) is 77.4 Å². The van der Waals surface area contributed by atoms with Crippen molar-refractivity contribution in [3.8, 4) is 22.7 Å². The Labute approximate surface area is 216 Å². The van der Waals surface area contributed by atoms with Gasteiger partial charge in [-0.2, -0.15) is 5.10 Å². The van der Waals surface area contributed by atoms with E-state index in [9.17, 15) is 4.79 Å². The topological polar surface area (TPSA) is 98.7 Å². The first-order valence-corrected chi connectivity index (χ1v) is 12.1. The standard InChI is InChI=1S/C27H22ClFN6O2/c1-13-6-20(27-30-4-5-37-27)31-10-18(13)17-7-15-8-21(32-11-19(15)24(28)25(17)29)34-26(36)23-14(2)22(23)16-9-33-35(3)12-16/h4-12,14,22-23H,1-3H3,(H,32,34,36). The summed E-state index contributed by atoms with van der Waals surface area (Å²) in [5.74, 6) is 0.258. The number of hydrogen-bond donors (Lipinski definition) is 1. The summed E-state index contributed by atoms with van der Waals surface area (Å²) in [6.07, 6.45) is 9.80. The minimum absolute atomic E-state index is 0.0403. The van der Waals surface area contributed by atoms with E-state index in [1.165, 1.54) is 18.7 Å². The van der Waals surface area contributed by atoms with Crippen LogP contribution in [0.25, 0.3) is 33.5 Å². The van der Waals surface area contributed by atoms with E-state index >= 15 is 4.39 Å². The monoisotopic (exact) mass is 516 g/mol.